The van der Waals surface area contributed by atoms with Crippen LogP contribution in [-0.4, -0.2) is 53.0 Å². The van der Waals surface area contributed by atoms with Crippen LogP contribution in [0.2, 0.25) is 0 Å². The van der Waals surface area contributed by atoms with E-state index in [0.717, 1.165) is 35.1 Å². The van der Waals surface area contributed by atoms with Gasteiger partial charge in [0.25, 0.3) is 0 Å². The van der Waals surface area contributed by atoms with Crippen LogP contribution >= 0.6 is 0 Å². The molecule has 0 aromatic heterocycles. The number of fused-ring (bicyclic) bond motifs is 3. The Morgan fingerprint density at radius 2 is 1.56 bits per heavy atom. The Labute approximate surface area is 185 Å². The number of rotatable bonds is 8. The third-order valence-corrected chi connectivity index (χ3v) is 6.04. The zero-order valence-electron chi connectivity index (χ0n) is 17.7. The number of amides is 2. The number of hydrogen-bond donors (Lipinski definition) is 4. The van der Waals surface area contributed by atoms with Gasteiger partial charge in [0.15, 0.2) is 6.04 Å². The normalized spacial score (nSPS) is 17.4. The summed E-state index contributed by atoms with van der Waals surface area (Å²) >= 11 is 0. The number of alkyl carbamates (subject to hydrolysis) is 1. The number of carboxylic acids is 1. The molecule has 2 aromatic carbocycles. The van der Waals surface area contributed by atoms with Gasteiger partial charge in [0, 0.05) is 5.92 Å². The minimum absolute atomic E-state index is 0.0843. The van der Waals surface area contributed by atoms with Crippen molar-refractivity contribution in [3.05, 3.63) is 59.7 Å². The molecule has 168 valence electrons. The molecule has 2 amide bonds. The topological polar surface area (TPSA) is 125 Å². The van der Waals surface area contributed by atoms with Crippen LogP contribution in [0.15, 0.2) is 48.5 Å². The molecule has 8 heteroatoms. The highest BCUT2D eigenvalue weighted by Gasteiger charge is 2.40. The van der Waals surface area contributed by atoms with Crippen LogP contribution in [0.25, 0.3) is 11.1 Å². The van der Waals surface area contributed by atoms with Crippen LogP contribution < -0.4 is 10.6 Å². The highest BCUT2D eigenvalue weighted by atomic mass is 16.5. The quantitative estimate of drug-likeness (QED) is 0.501. The van der Waals surface area contributed by atoms with Crippen LogP contribution in [0.1, 0.15) is 36.8 Å². The lowest BCUT2D eigenvalue weighted by atomic mass is 9.98. The Hall–Kier alpha value is -3.39. The van der Waals surface area contributed by atoms with Gasteiger partial charge >= 0.3 is 12.1 Å². The lowest BCUT2D eigenvalue weighted by molar-refractivity contribution is -0.145. The van der Waals surface area contributed by atoms with Crippen LogP contribution in [0.3, 0.4) is 0 Å². The van der Waals surface area contributed by atoms with Gasteiger partial charge in [-0.25, -0.2) is 9.59 Å². The fourth-order valence-corrected chi connectivity index (χ4v) is 4.23. The second kappa shape index (κ2) is 9.00. The summed E-state index contributed by atoms with van der Waals surface area (Å²) in [5.74, 6) is -2.18. The maximum Gasteiger partial charge on any atom is 0.407 e. The van der Waals surface area contributed by atoms with Crippen molar-refractivity contribution in [3.63, 3.8) is 0 Å². The van der Waals surface area contributed by atoms with E-state index in [4.69, 9.17) is 4.74 Å². The fourth-order valence-electron chi connectivity index (χ4n) is 4.23. The minimum atomic E-state index is -1.45. The summed E-state index contributed by atoms with van der Waals surface area (Å²) in [6.07, 6.45) is -0.518. The van der Waals surface area contributed by atoms with Crippen molar-refractivity contribution in [2.75, 3.05) is 6.61 Å². The summed E-state index contributed by atoms with van der Waals surface area (Å²) in [7, 11) is 0. The van der Waals surface area contributed by atoms with E-state index >= 15 is 0 Å². The second-order valence-corrected chi connectivity index (χ2v) is 8.35. The molecule has 3 unspecified atom stereocenters. The van der Waals surface area contributed by atoms with E-state index in [9.17, 15) is 24.6 Å². The minimum Gasteiger partial charge on any atom is -0.480 e. The number of ether oxygens (including phenoxy) is 1. The van der Waals surface area contributed by atoms with Crippen LogP contribution in [-0.2, 0) is 14.3 Å². The molecule has 0 radical (unpaired) electrons. The molecule has 8 nitrogen and oxygen atoms in total. The number of nitrogens with one attached hydrogen (secondary N) is 2. The van der Waals surface area contributed by atoms with Gasteiger partial charge in [-0.2, -0.15) is 0 Å². The molecular weight excluding hydrogens is 412 g/mol. The van der Waals surface area contributed by atoms with Crippen molar-refractivity contribution < 1.29 is 29.3 Å². The first-order chi connectivity index (χ1) is 15.4. The molecule has 2 aromatic rings. The van der Waals surface area contributed by atoms with Gasteiger partial charge in [0.1, 0.15) is 12.6 Å². The average molecular weight is 438 g/mol. The van der Waals surface area contributed by atoms with E-state index in [0.29, 0.717) is 0 Å². The lowest BCUT2D eigenvalue weighted by Gasteiger charge is -2.23. The first-order valence-corrected chi connectivity index (χ1v) is 10.7. The number of aliphatic hydroxyl groups excluding tert-OH is 1. The first-order valence-electron chi connectivity index (χ1n) is 10.7. The molecule has 1 saturated carbocycles. The molecule has 0 spiro atoms. The van der Waals surface area contributed by atoms with Crippen molar-refractivity contribution in [1.29, 1.82) is 0 Å². The number of aliphatic carboxylic acids is 1. The standard InChI is InChI=1S/C24H26N2O6/c1-13(27)20(23(29)30)25-22(28)21(14-10-11-14)26-24(31)32-12-19-17-8-4-2-6-15(17)16-7-3-5-9-18(16)19/h2-9,13-14,19-21,27H,10-12H2,1H3,(H,25,28)(H,26,31)(H,29,30). The summed E-state index contributed by atoms with van der Waals surface area (Å²) in [6.45, 7) is 1.40. The van der Waals surface area contributed by atoms with Gasteiger partial charge < -0.3 is 25.6 Å². The van der Waals surface area contributed by atoms with Gasteiger partial charge in [0.2, 0.25) is 5.91 Å². The molecule has 2 aliphatic rings. The number of aliphatic hydroxyl groups is 1. The van der Waals surface area contributed by atoms with E-state index in [1.54, 1.807) is 0 Å². The SMILES string of the molecule is CC(O)C(NC(=O)C(NC(=O)OCC1c2ccccc2-c2ccccc21)C1CC1)C(=O)O. The summed E-state index contributed by atoms with van der Waals surface area (Å²) in [5, 5.41) is 23.7. The lowest BCUT2D eigenvalue weighted by Crippen LogP contribution is -2.55. The van der Waals surface area contributed by atoms with E-state index in [-0.39, 0.29) is 18.4 Å². The van der Waals surface area contributed by atoms with Crippen LogP contribution in [0.5, 0.6) is 0 Å². The number of hydrogen-bond acceptors (Lipinski definition) is 5. The molecule has 32 heavy (non-hydrogen) atoms. The predicted molar refractivity (Wildman–Crippen MR) is 116 cm³/mol. The molecule has 0 heterocycles. The Morgan fingerprint density at radius 3 is 2.06 bits per heavy atom. The molecule has 0 bridgehead atoms. The highest BCUT2D eigenvalue weighted by molar-refractivity contribution is 5.90. The Kier molecular flexibility index (Phi) is 6.14. The highest BCUT2D eigenvalue weighted by Crippen LogP contribution is 2.44. The molecule has 0 aliphatic heterocycles. The van der Waals surface area contributed by atoms with Crippen molar-refractivity contribution in [3.8, 4) is 11.1 Å². The summed E-state index contributed by atoms with van der Waals surface area (Å²) in [4.78, 5) is 36.4. The predicted octanol–water partition coefficient (Wildman–Crippen LogP) is 2.25. The van der Waals surface area contributed by atoms with E-state index in [1.165, 1.54) is 6.92 Å². The summed E-state index contributed by atoms with van der Waals surface area (Å²) < 4.78 is 5.50. The zero-order chi connectivity index (χ0) is 22.8. The maximum absolute atomic E-state index is 12.6. The maximum atomic E-state index is 12.6. The van der Waals surface area contributed by atoms with E-state index in [1.807, 2.05) is 48.5 Å². The number of carboxylic acid groups (broad SMARTS) is 1. The molecule has 3 atom stereocenters. The summed E-state index contributed by atoms with van der Waals surface area (Å²) in [6, 6.07) is 13.6. The molecule has 0 saturated heterocycles. The van der Waals surface area contributed by atoms with E-state index < -0.39 is 36.2 Å². The molecule has 4 N–H and O–H groups in total. The van der Waals surface area contributed by atoms with Gasteiger partial charge in [0.05, 0.1) is 6.10 Å². The number of benzene rings is 2. The molecule has 2 aliphatic carbocycles. The molecular formula is C24H26N2O6. The van der Waals surface area contributed by atoms with Gasteiger partial charge in [-0.1, -0.05) is 48.5 Å². The molecule has 4 rings (SSSR count). The number of carbonyl (C=O) groups is 3. The number of carbonyl (C=O) groups excluding carboxylic acids is 2. The van der Waals surface area contributed by atoms with Crippen LogP contribution in [0, 0.1) is 5.92 Å². The molecule has 1 fully saturated rings. The Bertz CT molecular complexity index is 987. The first kappa shape index (κ1) is 21.8. The largest absolute Gasteiger partial charge is 0.480 e. The summed E-state index contributed by atoms with van der Waals surface area (Å²) in [5.41, 5.74) is 4.40. The smallest absolute Gasteiger partial charge is 0.407 e. The van der Waals surface area contributed by atoms with Crippen molar-refractivity contribution >= 4 is 18.0 Å². The van der Waals surface area contributed by atoms with Crippen molar-refractivity contribution in [2.45, 2.75) is 43.9 Å². The monoisotopic (exact) mass is 438 g/mol. The van der Waals surface area contributed by atoms with Gasteiger partial charge in [-0.3, -0.25) is 4.79 Å². The average Bonchev–Trinajstić information content (AvgIpc) is 3.56. The Balaban J connectivity index is 1.41. The third kappa shape index (κ3) is 4.45. The fraction of sp³-hybridized carbons (Fsp3) is 0.375. The van der Waals surface area contributed by atoms with Gasteiger partial charge in [-0.05, 0) is 47.9 Å². The van der Waals surface area contributed by atoms with Crippen LogP contribution in [0.4, 0.5) is 4.79 Å². The third-order valence-electron chi connectivity index (χ3n) is 6.04. The van der Waals surface area contributed by atoms with Crippen molar-refractivity contribution in [1.82, 2.24) is 10.6 Å². The van der Waals surface area contributed by atoms with Gasteiger partial charge in [-0.15, -0.1) is 0 Å². The zero-order valence-corrected chi connectivity index (χ0v) is 17.7. The second-order valence-electron chi connectivity index (χ2n) is 8.35. The van der Waals surface area contributed by atoms with E-state index in [2.05, 4.69) is 10.6 Å². The van der Waals surface area contributed by atoms with Crippen molar-refractivity contribution in [2.24, 2.45) is 5.92 Å². The Morgan fingerprint density at radius 1 is 1.00 bits per heavy atom.